The quantitative estimate of drug-likeness (QED) is 0.848. The van der Waals surface area contributed by atoms with Crippen LogP contribution in [0.15, 0.2) is 18.2 Å². The summed E-state index contributed by atoms with van der Waals surface area (Å²) in [7, 11) is 1.37. The van der Waals surface area contributed by atoms with Gasteiger partial charge < -0.3 is 15.2 Å². The van der Waals surface area contributed by atoms with E-state index < -0.39 is 5.54 Å². The van der Waals surface area contributed by atoms with Crippen molar-refractivity contribution in [3.05, 3.63) is 29.3 Å². The highest BCUT2D eigenvalue weighted by atomic mass is 16.5. The van der Waals surface area contributed by atoms with Crippen LogP contribution in [0, 0.1) is 13.8 Å². The van der Waals surface area contributed by atoms with E-state index in [0.717, 1.165) is 17.7 Å². The Labute approximate surface area is 113 Å². The zero-order valence-corrected chi connectivity index (χ0v) is 11.7. The number of methoxy groups -OCH3 is 1. The van der Waals surface area contributed by atoms with E-state index in [0.29, 0.717) is 12.8 Å². The molecular weight excluding hydrogens is 242 g/mol. The molecule has 1 aromatic rings. The fourth-order valence-corrected chi connectivity index (χ4v) is 2.63. The highest BCUT2D eigenvalue weighted by molar-refractivity contribution is 5.80. The molecule has 0 radical (unpaired) electrons. The van der Waals surface area contributed by atoms with Gasteiger partial charge in [-0.25, -0.2) is 0 Å². The van der Waals surface area contributed by atoms with E-state index in [2.05, 4.69) is 13.0 Å². The summed E-state index contributed by atoms with van der Waals surface area (Å²) in [5, 5.41) is 0. The minimum absolute atomic E-state index is 0.0227. The van der Waals surface area contributed by atoms with E-state index in [1.54, 1.807) is 0 Å². The number of aryl methyl sites for hydroxylation is 2. The number of ether oxygens (including phenoxy) is 2. The molecule has 1 fully saturated rings. The number of carbonyl (C=O) groups is 1. The summed E-state index contributed by atoms with van der Waals surface area (Å²) in [5.41, 5.74) is 7.49. The average molecular weight is 263 g/mol. The molecule has 1 saturated carbocycles. The molecule has 1 aliphatic carbocycles. The molecule has 104 valence electrons. The van der Waals surface area contributed by atoms with Gasteiger partial charge in [0.25, 0.3) is 0 Å². The summed E-state index contributed by atoms with van der Waals surface area (Å²) < 4.78 is 10.7. The zero-order chi connectivity index (χ0) is 14.0. The Morgan fingerprint density at radius 2 is 2.16 bits per heavy atom. The van der Waals surface area contributed by atoms with Crippen LogP contribution in [0.5, 0.6) is 5.75 Å². The van der Waals surface area contributed by atoms with Crippen molar-refractivity contribution in [2.24, 2.45) is 5.73 Å². The second-order valence-corrected chi connectivity index (χ2v) is 5.40. The first kappa shape index (κ1) is 13.9. The van der Waals surface area contributed by atoms with E-state index in [-0.39, 0.29) is 12.1 Å². The maximum Gasteiger partial charge on any atom is 0.325 e. The minimum atomic E-state index is -0.891. The van der Waals surface area contributed by atoms with Crippen molar-refractivity contribution in [2.45, 2.75) is 44.8 Å². The van der Waals surface area contributed by atoms with Crippen LogP contribution in [0.2, 0.25) is 0 Å². The van der Waals surface area contributed by atoms with Crippen molar-refractivity contribution in [3.63, 3.8) is 0 Å². The molecule has 4 heteroatoms. The lowest BCUT2D eigenvalue weighted by Crippen LogP contribution is -2.47. The summed E-state index contributed by atoms with van der Waals surface area (Å²) in [4.78, 5) is 11.6. The van der Waals surface area contributed by atoms with E-state index >= 15 is 0 Å². The summed E-state index contributed by atoms with van der Waals surface area (Å²) in [6.45, 7) is 4.07. The lowest BCUT2D eigenvalue weighted by atomic mass is 10.00. The molecule has 0 bridgehead atoms. The lowest BCUT2D eigenvalue weighted by Gasteiger charge is -2.21. The number of nitrogens with two attached hydrogens (primary N) is 1. The van der Waals surface area contributed by atoms with Crippen LogP contribution in [0.1, 0.15) is 30.4 Å². The Kier molecular flexibility index (Phi) is 3.80. The Morgan fingerprint density at radius 3 is 2.79 bits per heavy atom. The van der Waals surface area contributed by atoms with Gasteiger partial charge in [0.2, 0.25) is 0 Å². The first-order valence-corrected chi connectivity index (χ1v) is 6.56. The van der Waals surface area contributed by atoms with E-state index in [4.69, 9.17) is 15.2 Å². The van der Waals surface area contributed by atoms with Gasteiger partial charge in [-0.05, 0) is 38.3 Å². The van der Waals surface area contributed by atoms with Gasteiger partial charge in [-0.2, -0.15) is 0 Å². The minimum Gasteiger partial charge on any atom is -0.490 e. The van der Waals surface area contributed by atoms with Crippen LogP contribution in [0.25, 0.3) is 0 Å². The third-order valence-corrected chi connectivity index (χ3v) is 3.72. The predicted molar refractivity (Wildman–Crippen MR) is 73.1 cm³/mol. The van der Waals surface area contributed by atoms with Gasteiger partial charge in [0.05, 0.1) is 7.11 Å². The van der Waals surface area contributed by atoms with Gasteiger partial charge in [-0.3, -0.25) is 4.79 Å². The highest BCUT2D eigenvalue weighted by Gasteiger charge is 2.44. The average Bonchev–Trinajstić information content (AvgIpc) is 2.75. The van der Waals surface area contributed by atoms with Crippen molar-refractivity contribution < 1.29 is 14.3 Å². The van der Waals surface area contributed by atoms with Crippen molar-refractivity contribution in [3.8, 4) is 5.75 Å². The van der Waals surface area contributed by atoms with Gasteiger partial charge in [0.15, 0.2) is 0 Å². The Morgan fingerprint density at radius 1 is 1.42 bits per heavy atom. The molecule has 4 nitrogen and oxygen atoms in total. The lowest BCUT2D eigenvalue weighted by molar-refractivity contribution is -0.147. The van der Waals surface area contributed by atoms with E-state index in [9.17, 15) is 4.79 Å². The second kappa shape index (κ2) is 5.21. The normalized spacial score (nSPS) is 26.2. The maximum absolute atomic E-state index is 11.6. The van der Waals surface area contributed by atoms with Crippen LogP contribution in [0.4, 0.5) is 0 Å². The molecule has 0 saturated heterocycles. The number of hydrogen-bond acceptors (Lipinski definition) is 4. The Balaban J connectivity index is 2.04. The third kappa shape index (κ3) is 2.89. The molecule has 2 N–H and O–H groups in total. The third-order valence-electron chi connectivity index (χ3n) is 3.72. The molecule has 1 aliphatic rings. The van der Waals surface area contributed by atoms with Crippen LogP contribution in [-0.2, 0) is 9.53 Å². The summed E-state index contributed by atoms with van der Waals surface area (Å²) in [5.74, 6) is 0.518. The van der Waals surface area contributed by atoms with Crippen molar-refractivity contribution in [2.75, 3.05) is 7.11 Å². The van der Waals surface area contributed by atoms with Crippen molar-refractivity contribution in [1.82, 2.24) is 0 Å². The van der Waals surface area contributed by atoms with Gasteiger partial charge in [0, 0.05) is 6.42 Å². The van der Waals surface area contributed by atoms with Gasteiger partial charge >= 0.3 is 5.97 Å². The first-order chi connectivity index (χ1) is 8.94. The SMILES string of the molecule is COC(=O)C1(N)CCC(Oc2ccc(C)cc2C)C1. The van der Waals surface area contributed by atoms with E-state index in [1.807, 2.05) is 19.1 Å². The highest BCUT2D eigenvalue weighted by Crippen LogP contribution is 2.32. The number of carbonyl (C=O) groups excluding carboxylic acids is 1. The standard InChI is InChI=1S/C15H21NO3/c1-10-4-5-13(11(2)8-10)19-12-6-7-15(16,9-12)14(17)18-3/h4-5,8,12H,6-7,9,16H2,1-3H3. The summed E-state index contributed by atoms with van der Waals surface area (Å²) in [6.07, 6.45) is 1.87. The van der Waals surface area contributed by atoms with Crippen LogP contribution >= 0.6 is 0 Å². The molecule has 2 rings (SSSR count). The molecule has 2 unspecified atom stereocenters. The van der Waals surface area contributed by atoms with Crippen LogP contribution in [0.3, 0.4) is 0 Å². The first-order valence-electron chi connectivity index (χ1n) is 6.56. The number of benzene rings is 1. The van der Waals surface area contributed by atoms with Gasteiger partial charge in [0.1, 0.15) is 17.4 Å². The molecule has 0 aliphatic heterocycles. The number of esters is 1. The molecule has 0 heterocycles. The largest absolute Gasteiger partial charge is 0.490 e. The van der Waals surface area contributed by atoms with Gasteiger partial charge in [-0.15, -0.1) is 0 Å². The van der Waals surface area contributed by atoms with Gasteiger partial charge in [-0.1, -0.05) is 17.7 Å². The van der Waals surface area contributed by atoms with E-state index in [1.165, 1.54) is 12.7 Å². The zero-order valence-electron chi connectivity index (χ0n) is 11.7. The fourth-order valence-electron chi connectivity index (χ4n) is 2.63. The predicted octanol–water partition coefficient (Wildman–Crippen LogP) is 2.11. The molecule has 0 amide bonds. The van der Waals surface area contributed by atoms with Crippen molar-refractivity contribution in [1.29, 1.82) is 0 Å². The second-order valence-electron chi connectivity index (χ2n) is 5.40. The molecular formula is C15H21NO3. The fraction of sp³-hybridized carbons (Fsp3) is 0.533. The van der Waals surface area contributed by atoms with Crippen LogP contribution in [-0.4, -0.2) is 24.7 Å². The monoisotopic (exact) mass is 263 g/mol. The molecule has 0 spiro atoms. The number of rotatable bonds is 3. The Bertz CT molecular complexity index is 486. The molecule has 19 heavy (non-hydrogen) atoms. The summed E-state index contributed by atoms with van der Waals surface area (Å²) >= 11 is 0. The molecule has 2 atom stereocenters. The number of hydrogen-bond donors (Lipinski definition) is 1. The van der Waals surface area contributed by atoms with Crippen molar-refractivity contribution >= 4 is 5.97 Å². The van der Waals surface area contributed by atoms with Crippen LogP contribution < -0.4 is 10.5 Å². The maximum atomic E-state index is 11.6. The Hall–Kier alpha value is -1.55. The molecule has 0 aromatic heterocycles. The topological polar surface area (TPSA) is 61.5 Å². The molecule has 1 aromatic carbocycles. The smallest absolute Gasteiger partial charge is 0.325 e. The summed E-state index contributed by atoms with van der Waals surface area (Å²) in [6, 6.07) is 6.08.